The molecule has 7 atom stereocenters. The predicted octanol–water partition coefficient (Wildman–Crippen LogP) is 7.58. The van der Waals surface area contributed by atoms with Gasteiger partial charge in [0.05, 0.1) is 98.8 Å². The Balaban J connectivity index is 0.000000210. The summed E-state index contributed by atoms with van der Waals surface area (Å²) in [4.78, 5) is 61.1. The smallest absolute Gasteiger partial charge is 0.339 e. The zero-order chi connectivity index (χ0) is 57.9. The molecular weight excluding hydrogens is 1030 g/mol. The Morgan fingerprint density at radius 2 is 1.40 bits per heavy atom. The van der Waals surface area contributed by atoms with Crippen LogP contribution >= 0.6 is 0 Å². The Hall–Kier alpha value is -6.61. The van der Waals surface area contributed by atoms with E-state index in [1.54, 1.807) is 40.6 Å². The van der Waals surface area contributed by atoms with Gasteiger partial charge < -0.3 is 62.2 Å². The van der Waals surface area contributed by atoms with E-state index in [2.05, 4.69) is 62.8 Å². The SMILES string of the molecule is COC(=O)C1C(OC)C(C)(OC(=O)c2cc(OC)c(OC)c(OC)c2)CC2(C)CN3CCc4c([nH]c5cc(OC)ccc45)C3(C)CC12C.COc1cc2nc(N3CCN(C(=O)C4(C)CCCO4)CC3)nc([N+](C)(C)C)c2cc1OC. The van der Waals surface area contributed by atoms with Gasteiger partial charge in [-0.3, -0.25) is 19.0 Å². The highest BCUT2D eigenvalue weighted by Gasteiger charge is 2.71. The second-order valence-electron chi connectivity index (χ2n) is 24.0. The number of rotatable bonds is 13. The van der Waals surface area contributed by atoms with Gasteiger partial charge in [-0.25, -0.2) is 9.78 Å². The van der Waals surface area contributed by atoms with Crippen molar-refractivity contribution in [2.45, 2.75) is 89.6 Å². The van der Waals surface area contributed by atoms with Crippen LogP contribution < -0.4 is 37.8 Å². The average Bonchev–Trinajstić information content (AvgIpc) is 4.08. The molecule has 434 valence electrons. The van der Waals surface area contributed by atoms with Crippen molar-refractivity contribution in [3.8, 4) is 34.5 Å². The Bertz CT molecular complexity index is 3140. The fraction of sp³-hybridized carbons (Fsp3) is 0.583. The lowest BCUT2D eigenvalue weighted by Crippen LogP contribution is -2.73. The lowest BCUT2D eigenvalue weighted by molar-refractivity contribution is -0.255. The molecule has 10 rings (SSSR count). The molecule has 80 heavy (non-hydrogen) atoms. The monoisotopic (exact) mass is 1110 g/mol. The molecule has 0 spiro atoms. The molecule has 3 aromatic carbocycles. The second kappa shape index (κ2) is 21.7. The summed E-state index contributed by atoms with van der Waals surface area (Å²) in [6.07, 6.45) is 2.94. The number of hydrogen-bond donors (Lipinski definition) is 1. The maximum Gasteiger partial charge on any atom is 0.339 e. The molecule has 1 saturated carbocycles. The highest BCUT2D eigenvalue weighted by atomic mass is 16.6. The van der Waals surface area contributed by atoms with Crippen LogP contribution in [-0.4, -0.2) is 184 Å². The number of H-pyrrole nitrogens is 1. The van der Waals surface area contributed by atoms with Crippen LogP contribution in [0.5, 0.6) is 34.5 Å². The third-order valence-corrected chi connectivity index (χ3v) is 18.2. The van der Waals surface area contributed by atoms with E-state index < -0.39 is 45.6 Å². The average molecular weight is 1110 g/mol. The molecule has 5 aromatic rings. The Morgan fingerprint density at radius 1 is 0.738 bits per heavy atom. The number of carbonyl (C=O) groups is 3. The number of nitrogens with zero attached hydrogens (tertiary/aromatic N) is 6. The molecule has 3 saturated heterocycles. The van der Waals surface area contributed by atoms with Crippen molar-refractivity contribution < 1.29 is 61.8 Å². The Morgan fingerprint density at radius 3 is 1.98 bits per heavy atom. The summed E-state index contributed by atoms with van der Waals surface area (Å²) >= 11 is 0. The summed E-state index contributed by atoms with van der Waals surface area (Å²) < 4.78 is 57.4. The van der Waals surface area contributed by atoms with E-state index in [-0.39, 0.29) is 17.4 Å². The quantitative estimate of drug-likeness (QED) is 0.0895. The number of benzene rings is 3. The Kier molecular flexibility index (Phi) is 15.7. The molecule has 2 aromatic heterocycles. The van der Waals surface area contributed by atoms with Crippen LogP contribution in [0.2, 0.25) is 0 Å². The highest BCUT2D eigenvalue weighted by molar-refractivity contribution is 5.93. The van der Waals surface area contributed by atoms with Gasteiger partial charge in [0.25, 0.3) is 5.91 Å². The zero-order valence-electron chi connectivity index (χ0n) is 49.7. The van der Waals surface area contributed by atoms with E-state index in [0.29, 0.717) is 91.4 Å². The van der Waals surface area contributed by atoms with Gasteiger partial charge in [-0.2, -0.15) is 4.98 Å². The molecule has 1 aliphatic carbocycles. The number of aromatic nitrogens is 3. The van der Waals surface area contributed by atoms with Gasteiger partial charge in [0.2, 0.25) is 17.5 Å². The number of nitrogens with one attached hydrogen (secondary N) is 1. The van der Waals surface area contributed by atoms with E-state index in [9.17, 15) is 14.4 Å². The maximum atomic E-state index is 14.0. The minimum absolute atomic E-state index is 0.0953. The maximum absolute atomic E-state index is 14.0. The van der Waals surface area contributed by atoms with Gasteiger partial charge in [-0.05, 0) is 93.5 Å². The zero-order valence-corrected chi connectivity index (χ0v) is 49.7. The molecule has 20 heteroatoms. The summed E-state index contributed by atoms with van der Waals surface area (Å²) in [6.45, 7) is 15.3. The van der Waals surface area contributed by atoms with Crippen molar-refractivity contribution in [1.29, 1.82) is 0 Å². The minimum atomic E-state index is -1.19. The van der Waals surface area contributed by atoms with Crippen LogP contribution in [0.1, 0.15) is 81.9 Å². The number of fused-ring (bicyclic) bond motifs is 7. The van der Waals surface area contributed by atoms with Crippen LogP contribution in [0, 0.1) is 16.7 Å². The third kappa shape index (κ3) is 9.86. The van der Waals surface area contributed by atoms with Crippen LogP contribution in [0.4, 0.5) is 11.8 Å². The number of ether oxygens (including phenoxy) is 10. The van der Waals surface area contributed by atoms with Crippen molar-refractivity contribution in [3.05, 3.63) is 59.3 Å². The number of piperidine rings is 1. The number of amides is 1. The molecule has 5 aliphatic rings. The molecule has 20 nitrogen and oxygen atoms in total. The van der Waals surface area contributed by atoms with Crippen LogP contribution in [0.25, 0.3) is 21.8 Å². The number of quaternary nitrogens is 1. The lowest BCUT2D eigenvalue weighted by Gasteiger charge is -2.68. The van der Waals surface area contributed by atoms with Crippen molar-refractivity contribution in [2.75, 3.05) is 129 Å². The molecule has 4 fully saturated rings. The first-order chi connectivity index (χ1) is 37.9. The number of hydrogen-bond acceptors (Lipinski definition) is 17. The van der Waals surface area contributed by atoms with E-state index in [0.717, 1.165) is 53.8 Å². The molecule has 0 bridgehead atoms. The first-order valence-corrected chi connectivity index (χ1v) is 27.4. The van der Waals surface area contributed by atoms with E-state index >= 15 is 0 Å². The summed E-state index contributed by atoms with van der Waals surface area (Å²) in [5, 5.41) is 2.12. The standard InChI is InChI=1S/C37H48N2O9.C23H34N5O4/c1-34-18-37(4,48-32(40)21-15-26(43-6)29(45-8)27(16-21)44-7)31(46-9)28(33(41)47-10)35(34,2)19-36(3)30-24(13-14-39(36)20-34)23-12-11-22(42-5)17-25(23)38-30;1-23(8-7-13-32-23)21(29)26-9-11-27(12-10-26)22-24-17-15-19(31-6)18(30-5)14-16(17)20(25-22)28(2,3)4/h11-12,15-17,28,31,38H,13-14,18-20H2,1-10H3;14-15H,7-13H2,1-6H3/q;+1. The summed E-state index contributed by atoms with van der Waals surface area (Å²) in [5.74, 6) is 3.07. The predicted molar refractivity (Wildman–Crippen MR) is 304 cm³/mol. The molecule has 0 radical (unpaired) electrons. The molecule has 7 unspecified atom stereocenters. The largest absolute Gasteiger partial charge is 0.497 e. The molecule has 1 amide bonds. The van der Waals surface area contributed by atoms with Crippen molar-refractivity contribution in [3.63, 3.8) is 0 Å². The number of esters is 2. The van der Waals surface area contributed by atoms with Gasteiger partial charge in [-0.15, -0.1) is 0 Å². The Labute approximate surface area is 469 Å². The molecule has 1 N–H and O–H groups in total. The minimum Gasteiger partial charge on any atom is -0.497 e. The van der Waals surface area contributed by atoms with Gasteiger partial charge in [0.15, 0.2) is 23.0 Å². The second-order valence-corrected chi connectivity index (χ2v) is 24.0. The fourth-order valence-corrected chi connectivity index (χ4v) is 14.0. The van der Waals surface area contributed by atoms with Gasteiger partial charge in [0.1, 0.15) is 23.1 Å². The van der Waals surface area contributed by atoms with Crippen LogP contribution in [-0.2, 0) is 40.5 Å². The van der Waals surface area contributed by atoms with E-state index in [1.165, 1.54) is 45.1 Å². The number of methoxy groups -OCH3 is 8. The van der Waals surface area contributed by atoms with Crippen LogP contribution in [0.15, 0.2) is 42.5 Å². The number of carbonyl (C=O) groups excluding carboxylic acids is 3. The molecule has 6 heterocycles. The molecular formula is C60H82N7O13+. The van der Waals surface area contributed by atoms with Gasteiger partial charge in [-0.1, -0.05) is 13.8 Å². The van der Waals surface area contributed by atoms with Gasteiger partial charge >= 0.3 is 11.9 Å². The summed E-state index contributed by atoms with van der Waals surface area (Å²) in [7, 11) is 18.6. The normalized spacial score (nSPS) is 27.4. The first kappa shape index (κ1) is 58.1. The highest BCUT2D eigenvalue weighted by Crippen LogP contribution is 2.67. The van der Waals surface area contributed by atoms with Crippen molar-refractivity contribution in [1.82, 2.24) is 29.2 Å². The number of anilines is 1. The third-order valence-electron chi connectivity index (χ3n) is 18.2. The van der Waals surface area contributed by atoms with E-state index in [4.69, 9.17) is 57.3 Å². The summed E-state index contributed by atoms with van der Waals surface area (Å²) in [6, 6.07) is 13.1. The summed E-state index contributed by atoms with van der Waals surface area (Å²) in [5.41, 5.74) is 1.20. The number of aromatic amines is 1. The van der Waals surface area contributed by atoms with E-state index in [1.807, 2.05) is 43.0 Å². The van der Waals surface area contributed by atoms with Crippen molar-refractivity contribution in [2.24, 2.45) is 16.7 Å². The fourth-order valence-electron chi connectivity index (χ4n) is 14.0. The van der Waals surface area contributed by atoms with Gasteiger partial charge in [0, 0.05) is 87.8 Å². The molecule has 4 aliphatic heterocycles. The first-order valence-electron chi connectivity index (χ1n) is 27.4. The number of piperazine rings is 1. The lowest BCUT2D eigenvalue weighted by atomic mass is 9.44. The van der Waals surface area contributed by atoms with Crippen molar-refractivity contribution >= 4 is 51.4 Å². The van der Waals surface area contributed by atoms with Crippen LogP contribution in [0.3, 0.4) is 0 Å². The topological polar surface area (TPSA) is 195 Å².